The molecule has 2 amide bonds. The van der Waals surface area contributed by atoms with Crippen molar-refractivity contribution in [2.75, 3.05) is 17.7 Å². The molecule has 21 heavy (non-hydrogen) atoms. The number of carbonyl (C=O) groups is 2. The van der Waals surface area contributed by atoms with Crippen molar-refractivity contribution in [3.63, 3.8) is 0 Å². The molecule has 0 aliphatic heterocycles. The zero-order chi connectivity index (χ0) is 15.4. The normalized spacial score (nSPS) is 10.0. The van der Waals surface area contributed by atoms with Crippen LogP contribution in [0, 0.1) is 5.82 Å². The fourth-order valence-corrected chi connectivity index (χ4v) is 2.33. The lowest BCUT2D eigenvalue weighted by Gasteiger charge is -2.09. The highest BCUT2D eigenvalue weighted by Crippen LogP contribution is 2.24. The number of hydrogen-bond acceptors (Lipinski definition) is 4. The van der Waals surface area contributed by atoms with Crippen LogP contribution in [0.1, 0.15) is 10.4 Å². The van der Waals surface area contributed by atoms with Crippen molar-refractivity contribution in [3.05, 3.63) is 41.0 Å². The number of carboxylic acid groups (broad SMARTS) is 1. The zero-order valence-electron chi connectivity index (χ0n) is 10.8. The number of rotatable bonds is 4. The Bertz CT molecular complexity index is 687. The number of carbonyl (C=O) groups excluding carboxylic acids is 1. The average molecular weight is 310 g/mol. The van der Waals surface area contributed by atoms with Gasteiger partial charge in [-0.2, -0.15) is 0 Å². The molecule has 0 radical (unpaired) electrons. The number of nitrogens with one attached hydrogen (secondary N) is 2. The minimum atomic E-state index is -1.15. The lowest BCUT2D eigenvalue weighted by atomic mass is 10.3. The Labute approximate surface area is 123 Å². The number of thiophene rings is 1. The Morgan fingerprint density at radius 2 is 2.05 bits per heavy atom. The van der Waals surface area contributed by atoms with Crippen LogP contribution in [0.2, 0.25) is 0 Å². The SMILES string of the molecule is COc1ccc(F)c(NC(=O)Nc2sccc2C(=O)O)c1. The van der Waals surface area contributed by atoms with E-state index in [9.17, 15) is 14.0 Å². The smallest absolute Gasteiger partial charge is 0.338 e. The first-order valence-corrected chi connectivity index (χ1v) is 6.61. The first kappa shape index (κ1) is 14.8. The maximum atomic E-state index is 13.6. The van der Waals surface area contributed by atoms with E-state index >= 15 is 0 Å². The summed E-state index contributed by atoms with van der Waals surface area (Å²) in [4.78, 5) is 22.7. The van der Waals surface area contributed by atoms with Gasteiger partial charge in [0.2, 0.25) is 0 Å². The van der Waals surface area contributed by atoms with Gasteiger partial charge in [-0.1, -0.05) is 0 Å². The van der Waals surface area contributed by atoms with Crippen molar-refractivity contribution in [3.8, 4) is 5.75 Å². The van der Waals surface area contributed by atoms with E-state index in [1.165, 1.54) is 30.7 Å². The van der Waals surface area contributed by atoms with Gasteiger partial charge < -0.3 is 15.2 Å². The second-order valence-corrected chi connectivity index (χ2v) is 4.81. The van der Waals surface area contributed by atoms with E-state index in [-0.39, 0.29) is 16.3 Å². The summed E-state index contributed by atoms with van der Waals surface area (Å²) in [5, 5.41) is 15.3. The summed E-state index contributed by atoms with van der Waals surface area (Å²) in [5.74, 6) is -1.40. The van der Waals surface area contributed by atoms with Gasteiger partial charge in [0.25, 0.3) is 0 Å². The van der Waals surface area contributed by atoms with Crippen LogP contribution < -0.4 is 15.4 Å². The molecule has 0 fully saturated rings. The topological polar surface area (TPSA) is 87.7 Å². The molecule has 8 heteroatoms. The summed E-state index contributed by atoms with van der Waals surface area (Å²) < 4.78 is 18.5. The predicted molar refractivity (Wildman–Crippen MR) is 76.9 cm³/mol. The Hall–Kier alpha value is -2.61. The van der Waals surface area contributed by atoms with Crippen molar-refractivity contribution in [2.45, 2.75) is 0 Å². The minimum absolute atomic E-state index is 0.0266. The van der Waals surface area contributed by atoms with Crippen molar-refractivity contribution < 1.29 is 23.8 Å². The van der Waals surface area contributed by atoms with Crippen LogP contribution in [0.4, 0.5) is 19.9 Å². The Morgan fingerprint density at radius 3 is 2.71 bits per heavy atom. The molecule has 0 unspecified atom stereocenters. The van der Waals surface area contributed by atoms with Gasteiger partial charge >= 0.3 is 12.0 Å². The van der Waals surface area contributed by atoms with E-state index in [1.54, 1.807) is 0 Å². The summed E-state index contributed by atoms with van der Waals surface area (Å²) in [6, 6.07) is 4.52. The standard InChI is InChI=1S/C13H11FN2O4S/c1-20-7-2-3-9(14)10(6-7)15-13(19)16-11-8(12(17)18)4-5-21-11/h2-6H,1H3,(H,17,18)(H2,15,16,19). The van der Waals surface area contributed by atoms with E-state index in [0.29, 0.717) is 5.75 Å². The highest BCUT2D eigenvalue weighted by atomic mass is 32.1. The molecule has 1 aromatic heterocycles. The molecule has 1 heterocycles. The average Bonchev–Trinajstić information content (AvgIpc) is 2.89. The van der Waals surface area contributed by atoms with Crippen molar-refractivity contribution in [1.82, 2.24) is 0 Å². The van der Waals surface area contributed by atoms with Crippen molar-refractivity contribution in [2.24, 2.45) is 0 Å². The molecule has 110 valence electrons. The molecule has 0 saturated carbocycles. The van der Waals surface area contributed by atoms with E-state index in [2.05, 4.69) is 10.6 Å². The molecule has 0 bridgehead atoms. The molecule has 0 spiro atoms. The van der Waals surface area contributed by atoms with Gasteiger partial charge in [0.15, 0.2) is 0 Å². The number of benzene rings is 1. The Morgan fingerprint density at radius 1 is 1.29 bits per heavy atom. The van der Waals surface area contributed by atoms with Crippen LogP contribution >= 0.6 is 11.3 Å². The molecule has 3 N–H and O–H groups in total. The predicted octanol–water partition coefficient (Wildman–Crippen LogP) is 3.24. The van der Waals surface area contributed by atoms with E-state index in [0.717, 1.165) is 17.4 Å². The third kappa shape index (κ3) is 3.48. The van der Waals surface area contributed by atoms with Crippen LogP contribution in [-0.4, -0.2) is 24.2 Å². The maximum absolute atomic E-state index is 13.6. The number of aromatic carboxylic acids is 1. The molecule has 1 aromatic carbocycles. The van der Waals surface area contributed by atoms with E-state index in [1.807, 2.05) is 0 Å². The van der Waals surface area contributed by atoms with Crippen molar-refractivity contribution >= 4 is 34.0 Å². The number of halogens is 1. The largest absolute Gasteiger partial charge is 0.497 e. The second-order valence-electron chi connectivity index (χ2n) is 3.89. The summed E-state index contributed by atoms with van der Waals surface area (Å²) in [7, 11) is 1.42. The molecule has 6 nitrogen and oxygen atoms in total. The maximum Gasteiger partial charge on any atom is 0.338 e. The lowest BCUT2D eigenvalue weighted by Crippen LogP contribution is -2.20. The van der Waals surface area contributed by atoms with E-state index in [4.69, 9.17) is 9.84 Å². The number of methoxy groups -OCH3 is 1. The molecule has 0 saturated heterocycles. The fourth-order valence-electron chi connectivity index (χ4n) is 1.56. The molecular formula is C13H11FN2O4S. The number of hydrogen-bond donors (Lipinski definition) is 3. The minimum Gasteiger partial charge on any atom is -0.497 e. The van der Waals surface area contributed by atoms with Crippen LogP contribution in [-0.2, 0) is 0 Å². The highest BCUT2D eigenvalue weighted by molar-refractivity contribution is 7.14. The highest BCUT2D eigenvalue weighted by Gasteiger charge is 2.15. The first-order valence-electron chi connectivity index (χ1n) is 5.73. The van der Waals surface area contributed by atoms with Gasteiger partial charge in [-0.05, 0) is 23.6 Å². The summed E-state index contributed by atoms with van der Waals surface area (Å²) >= 11 is 1.06. The number of anilines is 2. The Balaban J connectivity index is 2.11. The molecule has 0 aliphatic carbocycles. The van der Waals surface area contributed by atoms with Crippen LogP contribution in [0.5, 0.6) is 5.75 Å². The van der Waals surface area contributed by atoms with Gasteiger partial charge in [-0.25, -0.2) is 14.0 Å². The Kier molecular flexibility index (Phi) is 4.39. The van der Waals surface area contributed by atoms with Crippen LogP contribution in [0.25, 0.3) is 0 Å². The molecule has 2 rings (SSSR count). The zero-order valence-corrected chi connectivity index (χ0v) is 11.7. The fraction of sp³-hybridized carbons (Fsp3) is 0.0769. The number of amides is 2. The second kappa shape index (κ2) is 6.23. The number of carboxylic acids is 1. The quantitative estimate of drug-likeness (QED) is 0.809. The van der Waals surface area contributed by atoms with Gasteiger partial charge in [0, 0.05) is 6.07 Å². The molecular weight excluding hydrogens is 299 g/mol. The lowest BCUT2D eigenvalue weighted by molar-refractivity contribution is 0.0698. The third-order valence-corrected chi connectivity index (χ3v) is 3.37. The monoisotopic (exact) mass is 310 g/mol. The summed E-state index contributed by atoms with van der Waals surface area (Å²) in [6.07, 6.45) is 0. The third-order valence-electron chi connectivity index (χ3n) is 2.54. The van der Waals surface area contributed by atoms with Gasteiger partial charge in [-0.15, -0.1) is 11.3 Å². The summed E-state index contributed by atoms with van der Waals surface area (Å²) in [5.41, 5.74) is -0.0958. The first-order chi connectivity index (χ1) is 10.0. The summed E-state index contributed by atoms with van der Waals surface area (Å²) in [6.45, 7) is 0. The number of ether oxygens (including phenoxy) is 1. The molecule has 2 aromatic rings. The molecule has 0 atom stereocenters. The molecule has 0 aliphatic rings. The van der Waals surface area contributed by atoms with Crippen LogP contribution in [0.3, 0.4) is 0 Å². The van der Waals surface area contributed by atoms with E-state index < -0.39 is 17.8 Å². The van der Waals surface area contributed by atoms with Gasteiger partial charge in [-0.3, -0.25) is 5.32 Å². The van der Waals surface area contributed by atoms with Gasteiger partial charge in [0.05, 0.1) is 18.4 Å². The van der Waals surface area contributed by atoms with Crippen LogP contribution in [0.15, 0.2) is 29.6 Å². The van der Waals surface area contributed by atoms with Crippen molar-refractivity contribution in [1.29, 1.82) is 0 Å². The van der Waals surface area contributed by atoms with Gasteiger partial charge in [0.1, 0.15) is 16.6 Å². The number of urea groups is 1.